The van der Waals surface area contributed by atoms with Crippen molar-refractivity contribution in [3.05, 3.63) is 144 Å². The Kier molecular flexibility index (Phi) is 5.00. The van der Waals surface area contributed by atoms with Gasteiger partial charge >= 0.3 is 0 Å². The Hall–Kier alpha value is -4.93. The number of fused-ring (bicyclic) bond motifs is 6. The van der Waals surface area contributed by atoms with E-state index in [0.717, 1.165) is 38.9 Å². The zero-order valence-corrected chi connectivity index (χ0v) is 21.1. The maximum absolute atomic E-state index is 6.18. The zero-order valence-electron chi connectivity index (χ0n) is 21.1. The van der Waals surface area contributed by atoms with Gasteiger partial charge in [-0.1, -0.05) is 109 Å². The molecule has 2 unspecified atom stereocenters. The van der Waals surface area contributed by atoms with Gasteiger partial charge in [0.05, 0.1) is 0 Å². The minimum absolute atomic E-state index is 0.0936. The van der Waals surface area contributed by atoms with Crippen molar-refractivity contribution in [2.75, 3.05) is 0 Å². The quantitative estimate of drug-likeness (QED) is 0.255. The third kappa shape index (κ3) is 3.69. The Labute approximate surface area is 225 Å². The molecule has 2 atom stereocenters. The summed E-state index contributed by atoms with van der Waals surface area (Å²) in [5.41, 5.74) is 5.19. The van der Waals surface area contributed by atoms with Crippen molar-refractivity contribution in [2.24, 2.45) is 4.99 Å². The molecule has 0 bridgehead atoms. The highest BCUT2D eigenvalue weighted by molar-refractivity contribution is 6.18. The maximum atomic E-state index is 6.18. The predicted molar refractivity (Wildman–Crippen MR) is 160 cm³/mol. The third-order valence-electron chi connectivity index (χ3n) is 7.74. The molecule has 6 aromatic carbocycles. The number of hydrogen-bond acceptors (Lipinski definition) is 4. The van der Waals surface area contributed by atoms with Gasteiger partial charge in [-0.25, -0.2) is 4.99 Å². The summed E-state index contributed by atoms with van der Waals surface area (Å²) in [5.74, 6) is 0.886. The number of furan rings is 1. The summed E-state index contributed by atoms with van der Waals surface area (Å²) < 4.78 is 6.18. The zero-order chi connectivity index (χ0) is 25.8. The number of para-hydroxylation sites is 1. The average molecular weight is 504 g/mol. The molecule has 186 valence electrons. The molecule has 0 aliphatic carbocycles. The Morgan fingerprint density at radius 2 is 1.31 bits per heavy atom. The molecule has 1 aromatic heterocycles. The minimum Gasteiger partial charge on any atom is -0.456 e. The molecule has 2 N–H and O–H groups in total. The van der Waals surface area contributed by atoms with Crippen LogP contribution in [0.2, 0.25) is 0 Å². The SMILES string of the molecule is c1ccc(C2NC(c3cccc4ccccc34)=NC(c3ccc4ccc5oc6ccccc6c5c4c3)N2)cc1. The van der Waals surface area contributed by atoms with Crippen LogP contribution in [0.4, 0.5) is 0 Å². The first-order valence-corrected chi connectivity index (χ1v) is 13.3. The number of amidine groups is 1. The highest BCUT2D eigenvalue weighted by Crippen LogP contribution is 2.36. The van der Waals surface area contributed by atoms with E-state index in [-0.39, 0.29) is 12.3 Å². The summed E-state index contributed by atoms with van der Waals surface area (Å²) in [5, 5.41) is 14.5. The third-order valence-corrected chi connectivity index (χ3v) is 7.74. The first-order valence-electron chi connectivity index (χ1n) is 13.3. The molecule has 0 spiro atoms. The minimum atomic E-state index is -0.233. The lowest BCUT2D eigenvalue weighted by atomic mass is 9.99. The lowest BCUT2D eigenvalue weighted by molar-refractivity contribution is 0.409. The van der Waals surface area contributed by atoms with Crippen molar-refractivity contribution in [3.8, 4) is 0 Å². The summed E-state index contributed by atoms with van der Waals surface area (Å²) in [4.78, 5) is 5.26. The van der Waals surface area contributed by atoms with Crippen LogP contribution in [0, 0.1) is 0 Å². The van der Waals surface area contributed by atoms with Gasteiger partial charge in [0.15, 0.2) is 0 Å². The van der Waals surface area contributed by atoms with Gasteiger partial charge in [0.25, 0.3) is 0 Å². The normalized spacial score (nSPS) is 17.5. The maximum Gasteiger partial charge on any atom is 0.136 e. The van der Waals surface area contributed by atoms with Crippen LogP contribution in [0.15, 0.2) is 137 Å². The Bertz CT molecular complexity index is 2040. The number of aliphatic imine (C=N–C) groups is 1. The summed E-state index contributed by atoms with van der Waals surface area (Å²) in [6.45, 7) is 0. The highest BCUT2D eigenvalue weighted by Gasteiger charge is 2.26. The van der Waals surface area contributed by atoms with Gasteiger partial charge in [-0.3, -0.25) is 5.32 Å². The van der Waals surface area contributed by atoms with Crippen molar-refractivity contribution < 1.29 is 4.42 Å². The molecule has 0 radical (unpaired) electrons. The molecule has 8 rings (SSSR count). The van der Waals surface area contributed by atoms with E-state index < -0.39 is 0 Å². The van der Waals surface area contributed by atoms with Crippen LogP contribution >= 0.6 is 0 Å². The van der Waals surface area contributed by atoms with E-state index in [1.165, 1.54) is 27.1 Å². The van der Waals surface area contributed by atoms with Crippen LogP contribution in [0.1, 0.15) is 29.0 Å². The number of nitrogens with zero attached hydrogens (tertiary/aromatic N) is 1. The molecular weight excluding hydrogens is 478 g/mol. The molecule has 0 saturated carbocycles. The van der Waals surface area contributed by atoms with Gasteiger partial charge in [0, 0.05) is 16.3 Å². The van der Waals surface area contributed by atoms with Gasteiger partial charge in [-0.2, -0.15) is 0 Å². The van der Waals surface area contributed by atoms with Crippen molar-refractivity contribution in [3.63, 3.8) is 0 Å². The smallest absolute Gasteiger partial charge is 0.136 e. The Morgan fingerprint density at radius 1 is 0.564 bits per heavy atom. The van der Waals surface area contributed by atoms with Crippen molar-refractivity contribution in [2.45, 2.75) is 12.3 Å². The largest absolute Gasteiger partial charge is 0.456 e. The van der Waals surface area contributed by atoms with Gasteiger partial charge < -0.3 is 9.73 Å². The lowest BCUT2D eigenvalue weighted by Crippen LogP contribution is -2.45. The Balaban J connectivity index is 1.32. The van der Waals surface area contributed by atoms with Crippen molar-refractivity contribution >= 4 is 49.3 Å². The summed E-state index contributed by atoms with van der Waals surface area (Å²) in [6.07, 6.45) is -0.327. The molecular formula is C35H25N3O. The van der Waals surface area contributed by atoms with E-state index in [9.17, 15) is 0 Å². The molecule has 0 fully saturated rings. The average Bonchev–Trinajstić information content (AvgIpc) is 3.40. The van der Waals surface area contributed by atoms with E-state index in [0.29, 0.717) is 0 Å². The van der Waals surface area contributed by atoms with E-state index >= 15 is 0 Å². The predicted octanol–water partition coefficient (Wildman–Crippen LogP) is 8.23. The second kappa shape index (κ2) is 8.83. The van der Waals surface area contributed by atoms with Gasteiger partial charge in [-0.05, 0) is 50.9 Å². The molecule has 0 amide bonds. The van der Waals surface area contributed by atoms with Gasteiger partial charge in [0.1, 0.15) is 29.3 Å². The topological polar surface area (TPSA) is 49.6 Å². The van der Waals surface area contributed by atoms with E-state index in [2.05, 4.69) is 120 Å². The van der Waals surface area contributed by atoms with E-state index in [4.69, 9.17) is 9.41 Å². The molecule has 2 heterocycles. The van der Waals surface area contributed by atoms with Crippen molar-refractivity contribution in [1.82, 2.24) is 10.6 Å². The number of hydrogen-bond donors (Lipinski definition) is 2. The first-order chi connectivity index (χ1) is 19.3. The van der Waals surface area contributed by atoms with Gasteiger partial charge in [-0.15, -0.1) is 0 Å². The molecule has 4 nitrogen and oxygen atoms in total. The first kappa shape index (κ1) is 22.1. The van der Waals surface area contributed by atoms with Crippen LogP contribution in [-0.4, -0.2) is 5.84 Å². The summed E-state index contributed by atoms with van der Waals surface area (Å²) in [6, 6.07) is 44.5. The van der Waals surface area contributed by atoms with Gasteiger partial charge in [0.2, 0.25) is 0 Å². The fourth-order valence-electron chi connectivity index (χ4n) is 5.85. The van der Waals surface area contributed by atoms with E-state index in [1.54, 1.807) is 0 Å². The second-order valence-electron chi connectivity index (χ2n) is 10.1. The van der Waals surface area contributed by atoms with Crippen LogP contribution in [0.5, 0.6) is 0 Å². The molecule has 0 saturated heterocycles. The summed E-state index contributed by atoms with van der Waals surface area (Å²) >= 11 is 0. The second-order valence-corrected chi connectivity index (χ2v) is 10.1. The molecule has 4 heteroatoms. The molecule has 7 aromatic rings. The number of benzene rings is 6. The van der Waals surface area contributed by atoms with Crippen LogP contribution in [-0.2, 0) is 0 Å². The Morgan fingerprint density at radius 3 is 2.23 bits per heavy atom. The molecule has 1 aliphatic rings. The molecule has 39 heavy (non-hydrogen) atoms. The highest BCUT2D eigenvalue weighted by atomic mass is 16.3. The monoisotopic (exact) mass is 503 g/mol. The standard InChI is InChI=1S/C35H25N3O/c1-2-10-24(11-3-1)33-36-34(38-35(37-33)27-15-8-12-22-9-4-5-13-26(22)27)25-18-17-23-19-20-31-32(29(23)21-25)28-14-6-7-16-30(28)39-31/h1-21,33-34,36H,(H,37,38). The molecule has 1 aliphatic heterocycles. The number of rotatable bonds is 3. The summed E-state index contributed by atoms with van der Waals surface area (Å²) in [7, 11) is 0. The van der Waals surface area contributed by atoms with Crippen molar-refractivity contribution in [1.29, 1.82) is 0 Å². The van der Waals surface area contributed by atoms with Crippen LogP contribution in [0.3, 0.4) is 0 Å². The van der Waals surface area contributed by atoms with Crippen LogP contribution in [0.25, 0.3) is 43.5 Å². The van der Waals surface area contributed by atoms with E-state index in [1.807, 2.05) is 18.2 Å². The number of nitrogens with one attached hydrogen (secondary N) is 2. The fourth-order valence-corrected chi connectivity index (χ4v) is 5.85. The fraction of sp³-hybridized carbons (Fsp3) is 0.0571. The lowest BCUT2D eigenvalue weighted by Gasteiger charge is -2.32. The van der Waals surface area contributed by atoms with Crippen LogP contribution < -0.4 is 10.6 Å².